The zero-order chi connectivity index (χ0) is 20.0. The van der Waals surface area contributed by atoms with Crippen LogP contribution in [0.1, 0.15) is 19.4 Å². The zero-order valence-corrected chi connectivity index (χ0v) is 16.2. The van der Waals surface area contributed by atoms with Crippen LogP contribution in [0.3, 0.4) is 0 Å². The highest BCUT2D eigenvalue weighted by molar-refractivity contribution is 7.89. The number of benzene rings is 2. The molecule has 2 rings (SSSR count). The van der Waals surface area contributed by atoms with Crippen molar-refractivity contribution in [2.24, 2.45) is 0 Å². The van der Waals surface area contributed by atoms with Crippen LogP contribution in [0.2, 0.25) is 0 Å². The number of nitro benzene ring substituents is 1. The van der Waals surface area contributed by atoms with E-state index in [0.29, 0.717) is 18.1 Å². The maximum Gasteiger partial charge on any atom is 0.269 e. The molecule has 0 aliphatic rings. The Morgan fingerprint density at radius 3 is 2.26 bits per heavy atom. The molecule has 0 atom stereocenters. The summed E-state index contributed by atoms with van der Waals surface area (Å²) < 4.78 is 37.8. The van der Waals surface area contributed by atoms with Gasteiger partial charge in [-0.05, 0) is 36.8 Å². The van der Waals surface area contributed by atoms with Crippen LogP contribution >= 0.6 is 0 Å². The van der Waals surface area contributed by atoms with Crippen molar-refractivity contribution in [2.75, 3.05) is 20.3 Å². The van der Waals surface area contributed by atoms with Crippen molar-refractivity contribution < 1.29 is 22.8 Å². The zero-order valence-electron chi connectivity index (χ0n) is 15.4. The summed E-state index contributed by atoms with van der Waals surface area (Å²) in [6.07, 6.45) is 0. The summed E-state index contributed by atoms with van der Waals surface area (Å²) in [6, 6.07) is 10.1. The number of non-ortho nitro benzene ring substituents is 1. The van der Waals surface area contributed by atoms with Crippen molar-refractivity contribution in [3.05, 3.63) is 58.1 Å². The molecule has 0 aliphatic heterocycles. The van der Waals surface area contributed by atoms with Crippen LogP contribution in [-0.4, -0.2) is 37.9 Å². The van der Waals surface area contributed by atoms with E-state index in [1.807, 2.05) is 6.92 Å². The van der Waals surface area contributed by atoms with Crippen LogP contribution in [0.5, 0.6) is 11.5 Å². The Bertz CT molecular complexity index is 897. The highest BCUT2D eigenvalue weighted by Crippen LogP contribution is 2.29. The van der Waals surface area contributed by atoms with E-state index in [0.717, 1.165) is 5.56 Å². The second-order valence-electron chi connectivity index (χ2n) is 5.60. The van der Waals surface area contributed by atoms with Gasteiger partial charge < -0.3 is 9.47 Å². The molecule has 2 aromatic rings. The van der Waals surface area contributed by atoms with E-state index < -0.39 is 14.9 Å². The first-order valence-electron chi connectivity index (χ1n) is 8.37. The summed E-state index contributed by atoms with van der Waals surface area (Å²) in [4.78, 5) is 10.2. The first kappa shape index (κ1) is 20.7. The van der Waals surface area contributed by atoms with Gasteiger partial charge in [0.25, 0.3) is 5.69 Å². The van der Waals surface area contributed by atoms with Gasteiger partial charge in [-0.3, -0.25) is 10.1 Å². The summed E-state index contributed by atoms with van der Waals surface area (Å²) in [5, 5.41) is 10.8. The number of sulfonamides is 1. The summed E-state index contributed by atoms with van der Waals surface area (Å²) in [5.74, 6) is 1.11. The molecule has 0 aromatic heterocycles. The van der Waals surface area contributed by atoms with E-state index in [1.165, 1.54) is 35.7 Å². The molecule has 0 spiro atoms. The fraction of sp³-hybridized carbons (Fsp3) is 0.333. The normalized spacial score (nSPS) is 11.4. The van der Waals surface area contributed by atoms with Crippen LogP contribution in [0.15, 0.2) is 47.4 Å². The van der Waals surface area contributed by atoms with E-state index in [9.17, 15) is 18.5 Å². The summed E-state index contributed by atoms with van der Waals surface area (Å²) in [7, 11) is -2.27. The lowest BCUT2D eigenvalue weighted by Gasteiger charge is -2.21. The SMILES string of the molecule is CCOc1ccc(CN(CC)S(=O)(=O)c2ccc([N+](=O)[O-])cc2)cc1OC. The first-order valence-corrected chi connectivity index (χ1v) is 9.81. The largest absolute Gasteiger partial charge is 0.493 e. The van der Waals surface area contributed by atoms with Gasteiger partial charge in [-0.2, -0.15) is 4.31 Å². The molecular formula is C18H22N2O6S. The van der Waals surface area contributed by atoms with Crippen molar-refractivity contribution in [3.8, 4) is 11.5 Å². The first-order chi connectivity index (χ1) is 12.8. The van der Waals surface area contributed by atoms with E-state index in [2.05, 4.69) is 0 Å². The molecule has 0 fully saturated rings. The van der Waals surface area contributed by atoms with Gasteiger partial charge >= 0.3 is 0 Å². The molecule has 0 saturated heterocycles. The highest BCUT2D eigenvalue weighted by Gasteiger charge is 2.24. The fourth-order valence-electron chi connectivity index (χ4n) is 2.54. The van der Waals surface area contributed by atoms with Crippen molar-refractivity contribution in [2.45, 2.75) is 25.3 Å². The van der Waals surface area contributed by atoms with Crippen molar-refractivity contribution >= 4 is 15.7 Å². The Morgan fingerprint density at radius 1 is 1.07 bits per heavy atom. The van der Waals surface area contributed by atoms with Gasteiger partial charge in [-0.1, -0.05) is 13.0 Å². The smallest absolute Gasteiger partial charge is 0.269 e. The number of nitrogens with zero attached hydrogens (tertiary/aromatic N) is 2. The monoisotopic (exact) mass is 394 g/mol. The van der Waals surface area contributed by atoms with Gasteiger partial charge in [0.2, 0.25) is 10.0 Å². The molecule has 0 unspecified atom stereocenters. The third kappa shape index (κ3) is 4.75. The number of nitro groups is 1. The number of methoxy groups -OCH3 is 1. The molecular weight excluding hydrogens is 372 g/mol. The molecule has 0 bridgehead atoms. The summed E-state index contributed by atoms with van der Waals surface area (Å²) >= 11 is 0. The minimum atomic E-state index is -3.79. The van der Waals surface area contributed by atoms with Gasteiger partial charge in [0.15, 0.2) is 11.5 Å². The summed E-state index contributed by atoms with van der Waals surface area (Å²) in [6.45, 7) is 4.47. The minimum Gasteiger partial charge on any atom is -0.493 e. The van der Waals surface area contributed by atoms with E-state index >= 15 is 0 Å². The van der Waals surface area contributed by atoms with Crippen molar-refractivity contribution in [3.63, 3.8) is 0 Å². The molecule has 2 aromatic carbocycles. The Hall–Kier alpha value is -2.65. The highest BCUT2D eigenvalue weighted by atomic mass is 32.2. The minimum absolute atomic E-state index is 0.00727. The number of hydrogen-bond donors (Lipinski definition) is 0. The second-order valence-corrected chi connectivity index (χ2v) is 7.54. The predicted octanol–water partition coefficient (Wildman–Crippen LogP) is 3.21. The second kappa shape index (κ2) is 8.83. The number of rotatable bonds is 9. The number of hydrogen-bond acceptors (Lipinski definition) is 6. The van der Waals surface area contributed by atoms with Crippen LogP contribution < -0.4 is 9.47 Å². The summed E-state index contributed by atoms with van der Waals surface area (Å²) in [5.41, 5.74) is 0.580. The molecule has 0 amide bonds. The van der Waals surface area contributed by atoms with Gasteiger partial charge in [0.1, 0.15) is 0 Å². The lowest BCUT2D eigenvalue weighted by atomic mass is 10.2. The van der Waals surface area contributed by atoms with Crippen LogP contribution in [0.25, 0.3) is 0 Å². The van der Waals surface area contributed by atoms with Gasteiger partial charge in [-0.15, -0.1) is 0 Å². The molecule has 0 saturated carbocycles. The molecule has 146 valence electrons. The van der Waals surface area contributed by atoms with Crippen LogP contribution in [-0.2, 0) is 16.6 Å². The number of ether oxygens (including phenoxy) is 2. The maximum atomic E-state index is 12.9. The Morgan fingerprint density at radius 2 is 1.74 bits per heavy atom. The molecule has 9 heteroatoms. The Labute approximate surface area is 158 Å². The molecule has 8 nitrogen and oxygen atoms in total. The fourth-order valence-corrected chi connectivity index (χ4v) is 3.98. The molecule has 0 N–H and O–H groups in total. The Balaban J connectivity index is 2.28. The van der Waals surface area contributed by atoms with Crippen LogP contribution in [0.4, 0.5) is 5.69 Å². The van der Waals surface area contributed by atoms with Crippen molar-refractivity contribution in [1.29, 1.82) is 0 Å². The topological polar surface area (TPSA) is 99.0 Å². The standard InChI is InChI=1S/C18H22N2O6S/c1-4-19(13-14-6-11-17(26-5-2)18(12-14)25-3)27(23,24)16-9-7-15(8-10-16)20(21)22/h6-12H,4-5,13H2,1-3H3. The lowest BCUT2D eigenvalue weighted by Crippen LogP contribution is -2.30. The van der Waals surface area contributed by atoms with Gasteiger partial charge in [0, 0.05) is 25.2 Å². The predicted molar refractivity (Wildman–Crippen MR) is 101 cm³/mol. The third-order valence-corrected chi connectivity index (χ3v) is 5.86. The van der Waals surface area contributed by atoms with E-state index in [1.54, 1.807) is 25.1 Å². The van der Waals surface area contributed by atoms with E-state index in [4.69, 9.17) is 9.47 Å². The van der Waals surface area contributed by atoms with Crippen LogP contribution in [0, 0.1) is 10.1 Å². The molecule has 0 heterocycles. The van der Waals surface area contributed by atoms with Crippen molar-refractivity contribution in [1.82, 2.24) is 4.31 Å². The van der Waals surface area contributed by atoms with Gasteiger partial charge in [-0.25, -0.2) is 8.42 Å². The average molecular weight is 394 g/mol. The molecule has 0 radical (unpaired) electrons. The maximum absolute atomic E-state index is 12.9. The third-order valence-electron chi connectivity index (χ3n) is 3.92. The van der Waals surface area contributed by atoms with E-state index in [-0.39, 0.29) is 23.7 Å². The molecule has 27 heavy (non-hydrogen) atoms. The Kier molecular flexibility index (Phi) is 6.75. The molecule has 0 aliphatic carbocycles. The lowest BCUT2D eigenvalue weighted by molar-refractivity contribution is -0.384. The van der Waals surface area contributed by atoms with Gasteiger partial charge in [0.05, 0.1) is 23.5 Å². The quantitative estimate of drug-likeness (QED) is 0.478. The average Bonchev–Trinajstić information content (AvgIpc) is 2.67.